The quantitative estimate of drug-likeness (QED) is 0.829. The molecule has 114 valence electrons. The molecule has 1 unspecified atom stereocenters. The van der Waals surface area contributed by atoms with Crippen LogP contribution in [0.15, 0.2) is 17.3 Å². The zero-order valence-corrected chi connectivity index (χ0v) is 12.6. The summed E-state index contributed by atoms with van der Waals surface area (Å²) in [6.45, 7) is 4.55. The summed E-state index contributed by atoms with van der Waals surface area (Å²) in [4.78, 5) is 0.239. The first kappa shape index (κ1) is 15.4. The van der Waals surface area contributed by atoms with Crippen LogP contribution in [0.5, 0.6) is 0 Å². The van der Waals surface area contributed by atoms with E-state index in [0.717, 1.165) is 6.42 Å². The first-order valence-corrected chi connectivity index (χ1v) is 8.32. The standard InChI is InChI=1S/C12H22N4O3S/c1-11-9-16(6-3-7-19-11)20(17,18)12-8-14-15(10-12)5-2-4-13/h8,10-11H,2-7,9,13H2,1H3. The third-order valence-corrected chi connectivity index (χ3v) is 5.07. The lowest BCUT2D eigenvalue weighted by Crippen LogP contribution is -2.35. The summed E-state index contributed by atoms with van der Waals surface area (Å²) in [7, 11) is -3.48. The zero-order valence-electron chi connectivity index (χ0n) is 11.7. The van der Waals surface area contributed by atoms with Crippen molar-refractivity contribution in [3.05, 3.63) is 12.4 Å². The van der Waals surface area contributed by atoms with Gasteiger partial charge >= 0.3 is 0 Å². The van der Waals surface area contributed by atoms with Gasteiger partial charge in [-0.3, -0.25) is 4.68 Å². The average Bonchev–Trinajstić information content (AvgIpc) is 2.78. The third kappa shape index (κ3) is 3.57. The average molecular weight is 302 g/mol. The highest BCUT2D eigenvalue weighted by atomic mass is 32.2. The Morgan fingerprint density at radius 3 is 3.10 bits per heavy atom. The second kappa shape index (κ2) is 6.66. The van der Waals surface area contributed by atoms with Crippen LogP contribution in [0.3, 0.4) is 0 Å². The number of ether oxygens (including phenoxy) is 1. The number of nitrogens with zero attached hydrogens (tertiary/aromatic N) is 3. The lowest BCUT2D eigenvalue weighted by molar-refractivity contribution is 0.0752. The third-order valence-electron chi connectivity index (χ3n) is 3.25. The molecule has 1 aromatic heterocycles. The van der Waals surface area contributed by atoms with E-state index in [1.54, 1.807) is 10.9 Å². The molecule has 0 amide bonds. The largest absolute Gasteiger partial charge is 0.377 e. The van der Waals surface area contributed by atoms with E-state index >= 15 is 0 Å². The van der Waals surface area contributed by atoms with Gasteiger partial charge in [-0.1, -0.05) is 0 Å². The molecule has 0 aliphatic carbocycles. The molecule has 1 aliphatic rings. The van der Waals surface area contributed by atoms with Gasteiger partial charge in [0.1, 0.15) is 4.90 Å². The van der Waals surface area contributed by atoms with Gasteiger partial charge in [-0.15, -0.1) is 0 Å². The molecule has 7 nitrogen and oxygen atoms in total. The van der Waals surface area contributed by atoms with E-state index in [0.29, 0.717) is 39.2 Å². The molecule has 1 atom stereocenters. The Balaban J connectivity index is 2.14. The fraction of sp³-hybridized carbons (Fsp3) is 0.750. The molecular weight excluding hydrogens is 280 g/mol. The van der Waals surface area contributed by atoms with Crippen molar-refractivity contribution in [3.8, 4) is 0 Å². The first-order valence-electron chi connectivity index (χ1n) is 6.88. The maximum Gasteiger partial charge on any atom is 0.246 e. The van der Waals surface area contributed by atoms with E-state index in [1.165, 1.54) is 10.5 Å². The lowest BCUT2D eigenvalue weighted by Gasteiger charge is -2.20. The van der Waals surface area contributed by atoms with Crippen molar-refractivity contribution >= 4 is 10.0 Å². The summed E-state index contributed by atoms with van der Waals surface area (Å²) < 4.78 is 33.7. The van der Waals surface area contributed by atoms with Gasteiger partial charge < -0.3 is 10.5 Å². The number of aryl methyl sites for hydroxylation is 1. The normalized spacial score (nSPS) is 21.8. The van der Waals surface area contributed by atoms with E-state index < -0.39 is 10.0 Å². The highest BCUT2D eigenvalue weighted by Crippen LogP contribution is 2.18. The summed E-state index contributed by atoms with van der Waals surface area (Å²) in [5.41, 5.74) is 5.44. The summed E-state index contributed by atoms with van der Waals surface area (Å²) in [6.07, 6.45) is 4.38. The SMILES string of the molecule is CC1CN(S(=O)(=O)c2cnn(CCCN)c2)CCCO1. The number of aromatic nitrogens is 2. The number of nitrogens with two attached hydrogens (primary N) is 1. The van der Waals surface area contributed by atoms with Crippen molar-refractivity contribution in [2.75, 3.05) is 26.2 Å². The van der Waals surface area contributed by atoms with Crippen molar-refractivity contribution in [1.82, 2.24) is 14.1 Å². The molecule has 1 saturated heterocycles. The molecular formula is C12H22N4O3S. The Morgan fingerprint density at radius 1 is 1.55 bits per heavy atom. The van der Waals surface area contributed by atoms with E-state index in [-0.39, 0.29) is 11.0 Å². The van der Waals surface area contributed by atoms with Crippen LogP contribution in [-0.2, 0) is 21.3 Å². The molecule has 0 aromatic carbocycles. The van der Waals surface area contributed by atoms with Gasteiger partial charge in [0.25, 0.3) is 0 Å². The minimum Gasteiger partial charge on any atom is -0.377 e. The topological polar surface area (TPSA) is 90.5 Å². The summed E-state index contributed by atoms with van der Waals surface area (Å²) in [5.74, 6) is 0. The highest BCUT2D eigenvalue weighted by Gasteiger charge is 2.28. The van der Waals surface area contributed by atoms with Crippen LogP contribution in [0, 0.1) is 0 Å². The molecule has 8 heteroatoms. The van der Waals surface area contributed by atoms with Gasteiger partial charge in [0, 0.05) is 32.4 Å². The van der Waals surface area contributed by atoms with Crippen LogP contribution < -0.4 is 5.73 Å². The Labute approximate surface area is 119 Å². The molecule has 2 heterocycles. The maximum absolute atomic E-state index is 12.6. The summed E-state index contributed by atoms with van der Waals surface area (Å²) >= 11 is 0. The van der Waals surface area contributed by atoms with Crippen LogP contribution in [0.25, 0.3) is 0 Å². The van der Waals surface area contributed by atoms with Crippen LogP contribution in [0.2, 0.25) is 0 Å². The second-order valence-corrected chi connectivity index (χ2v) is 6.92. The van der Waals surface area contributed by atoms with Gasteiger partial charge in [0.2, 0.25) is 10.0 Å². The zero-order chi connectivity index (χ0) is 14.6. The second-order valence-electron chi connectivity index (χ2n) is 4.98. The predicted molar refractivity (Wildman–Crippen MR) is 74.7 cm³/mol. The van der Waals surface area contributed by atoms with Crippen LogP contribution in [-0.4, -0.2) is 54.8 Å². The van der Waals surface area contributed by atoms with E-state index in [9.17, 15) is 8.42 Å². The smallest absolute Gasteiger partial charge is 0.246 e. The highest BCUT2D eigenvalue weighted by molar-refractivity contribution is 7.89. The van der Waals surface area contributed by atoms with Gasteiger partial charge in [0.15, 0.2) is 0 Å². The Kier molecular flexibility index (Phi) is 5.14. The number of rotatable bonds is 5. The molecule has 0 radical (unpaired) electrons. The lowest BCUT2D eigenvalue weighted by atomic mass is 10.4. The van der Waals surface area contributed by atoms with Crippen molar-refractivity contribution in [2.45, 2.75) is 37.3 Å². The molecule has 0 saturated carbocycles. The molecule has 1 fully saturated rings. The maximum atomic E-state index is 12.6. The fourth-order valence-corrected chi connectivity index (χ4v) is 3.69. The minimum atomic E-state index is -3.48. The Hall–Kier alpha value is -0.960. The van der Waals surface area contributed by atoms with Crippen molar-refractivity contribution in [3.63, 3.8) is 0 Å². The minimum absolute atomic E-state index is 0.0837. The van der Waals surface area contributed by atoms with E-state index in [2.05, 4.69) is 5.10 Å². The Morgan fingerprint density at radius 2 is 2.35 bits per heavy atom. The molecule has 0 spiro atoms. The van der Waals surface area contributed by atoms with Crippen LogP contribution >= 0.6 is 0 Å². The fourth-order valence-electron chi connectivity index (χ4n) is 2.18. The molecule has 2 N–H and O–H groups in total. The van der Waals surface area contributed by atoms with E-state index in [1.807, 2.05) is 6.92 Å². The molecule has 0 bridgehead atoms. The summed E-state index contributed by atoms with van der Waals surface area (Å²) in [6, 6.07) is 0. The van der Waals surface area contributed by atoms with Gasteiger partial charge in [-0.2, -0.15) is 9.40 Å². The first-order chi connectivity index (χ1) is 9.54. The Bertz CT molecular complexity index is 529. The molecule has 20 heavy (non-hydrogen) atoms. The molecule has 1 aliphatic heterocycles. The van der Waals surface area contributed by atoms with Crippen molar-refractivity contribution in [2.24, 2.45) is 5.73 Å². The number of hydrogen-bond donors (Lipinski definition) is 1. The molecule has 2 rings (SSSR count). The van der Waals surface area contributed by atoms with Gasteiger partial charge in [0.05, 0.1) is 12.3 Å². The van der Waals surface area contributed by atoms with E-state index in [4.69, 9.17) is 10.5 Å². The van der Waals surface area contributed by atoms with Crippen molar-refractivity contribution < 1.29 is 13.2 Å². The number of hydrogen-bond acceptors (Lipinski definition) is 5. The van der Waals surface area contributed by atoms with Crippen LogP contribution in [0.4, 0.5) is 0 Å². The van der Waals surface area contributed by atoms with Gasteiger partial charge in [-0.05, 0) is 26.3 Å². The van der Waals surface area contributed by atoms with Crippen molar-refractivity contribution in [1.29, 1.82) is 0 Å². The van der Waals surface area contributed by atoms with Crippen LogP contribution in [0.1, 0.15) is 19.8 Å². The van der Waals surface area contributed by atoms with Gasteiger partial charge in [-0.25, -0.2) is 8.42 Å². The molecule has 1 aromatic rings. The predicted octanol–water partition coefficient (Wildman–Crippen LogP) is 0.0314. The monoisotopic (exact) mass is 302 g/mol. The summed E-state index contributed by atoms with van der Waals surface area (Å²) in [5, 5.41) is 4.08. The number of sulfonamides is 1.